The standard InChI is InChI=1S/C11H15FN2O/c12-9-3-4-10(13-6-9)7-14-11-2-1-5-15-8-11/h3-4,6,11,14H,1-2,5,7-8H2. The Morgan fingerprint density at radius 3 is 3.13 bits per heavy atom. The first-order valence-corrected chi connectivity index (χ1v) is 5.26. The highest BCUT2D eigenvalue weighted by atomic mass is 19.1. The zero-order valence-corrected chi connectivity index (χ0v) is 8.58. The summed E-state index contributed by atoms with van der Waals surface area (Å²) in [5.74, 6) is -0.292. The normalized spacial score (nSPS) is 21.5. The number of nitrogens with zero attached hydrogens (tertiary/aromatic N) is 1. The van der Waals surface area contributed by atoms with E-state index in [4.69, 9.17) is 4.74 Å². The molecule has 1 aromatic rings. The Kier molecular flexibility index (Phi) is 3.64. The van der Waals surface area contributed by atoms with E-state index >= 15 is 0 Å². The smallest absolute Gasteiger partial charge is 0.141 e. The van der Waals surface area contributed by atoms with Gasteiger partial charge >= 0.3 is 0 Å². The van der Waals surface area contributed by atoms with E-state index in [2.05, 4.69) is 10.3 Å². The van der Waals surface area contributed by atoms with Crippen molar-refractivity contribution in [1.29, 1.82) is 0 Å². The van der Waals surface area contributed by atoms with Crippen molar-refractivity contribution in [3.63, 3.8) is 0 Å². The SMILES string of the molecule is Fc1ccc(CNC2CCCOC2)nc1. The second-order valence-electron chi connectivity index (χ2n) is 3.76. The molecule has 82 valence electrons. The Balaban J connectivity index is 1.79. The average Bonchev–Trinajstić information content (AvgIpc) is 2.30. The minimum atomic E-state index is -0.292. The summed E-state index contributed by atoms with van der Waals surface area (Å²) in [5, 5.41) is 3.35. The van der Waals surface area contributed by atoms with Crippen molar-refractivity contribution < 1.29 is 9.13 Å². The molecule has 15 heavy (non-hydrogen) atoms. The average molecular weight is 210 g/mol. The molecular weight excluding hydrogens is 195 g/mol. The molecule has 3 nitrogen and oxygen atoms in total. The summed E-state index contributed by atoms with van der Waals surface area (Å²) in [6.07, 6.45) is 3.49. The van der Waals surface area contributed by atoms with Crippen LogP contribution in [-0.4, -0.2) is 24.2 Å². The third-order valence-corrected chi connectivity index (χ3v) is 2.52. The summed E-state index contributed by atoms with van der Waals surface area (Å²) in [5.41, 5.74) is 0.863. The molecule has 4 heteroatoms. The van der Waals surface area contributed by atoms with Gasteiger partial charge in [-0.15, -0.1) is 0 Å². The number of aromatic nitrogens is 1. The van der Waals surface area contributed by atoms with Crippen molar-refractivity contribution in [2.24, 2.45) is 0 Å². The van der Waals surface area contributed by atoms with Crippen LogP contribution in [-0.2, 0) is 11.3 Å². The van der Waals surface area contributed by atoms with Crippen LogP contribution in [0, 0.1) is 5.82 Å². The van der Waals surface area contributed by atoms with E-state index < -0.39 is 0 Å². The molecule has 0 radical (unpaired) electrons. The monoisotopic (exact) mass is 210 g/mol. The number of rotatable bonds is 3. The van der Waals surface area contributed by atoms with Crippen molar-refractivity contribution in [2.45, 2.75) is 25.4 Å². The highest BCUT2D eigenvalue weighted by Gasteiger charge is 2.12. The molecule has 1 fully saturated rings. The van der Waals surface area contributed by atoms with Gasteiger partial charge < -0.3 is 10.1 Å². The lowest BCUT2D eigenvalue weighted by molar-refractivity contribution is 0.0698. The fourth-order valence-electron chi connectivity index (χ4n) is 1.66. The molecule has 0 amide bonds. The van der Waals surface area contributed by atoms with Gasteiger partial charge in [-0.05, 0) is 25.0 Å². The maximum absolute atomic E-state index is 12.6. The quantitative estimate of drug-likeness (QED) is 0.820. The van der Waals surface area contributed by atoms with Crippen LogP contribution in [0.25, 0.3) is 0 Å². The molecular formula is C11H15FN2O. The molecule has 0 saturated carbocycles. The van der Waals surface area contributed by atoms with Crippen LogP contribution in [0.1, 0.15) is 18.5 Å². The van der Waals surface area contributed by atoms with Crippen LogP contribution >= 0.6 is 0 Å². The number of hydrogen-bond acceptors (Lipinski definition) is 3. The van der Waals surface area contributed by atoms with Crippen molar-refractivity contribution in [2.75, 3.05) is 13.2 Å². The molecule has 2 heterocycles. The first-order valence-electron chi connectivity index (χ1n) is 5.26. The molecule has 0 spiro atoms. The molecule has 1 N–H and O–H groups in total. The largest absolute Gasteiger partial charge is 0.380 e. The fraction of sp³-hybridized carbons (Fsp3) is 0.545. The first-order chi connectivity index (χ1) is 7.34. The molecule has 0 bridgehead atoms. The molecule has 1 atom stereocenters. The summed E-state index contributed by atoms with van der Waals surface area (Å²) >= 11 is 0. The van der Waals surface area contributed by atoms with Crippen LogP contribution in [0.2, 0.25) is 0 Å². The van der Waals surface area contributed by atoms with E-state index in [9.17, 15) is 4.39 Å². The lowest BCUT2D eigenvalue weighted by atomic mass is 10.1. The Bertz CT molecular complexity index is 296. The topological polar surface area (TPSA) is 34.1 Å². The van der Waals surface area contributed by atoms with Gasteiger partial charge in [0.25, 0.3) is 0 Å². The maximum Gasteiger partial charge on any atom is 0.141 e. The minimum absolute atomic E-state index is 0.292. The van der Waals surface area contributed by atoms with Crippen molar-refractivity contribution in [3.05, 3.63) is 29.8 Å². The van der Waals surface area contributed by atoms with E-state index in [0.717, 1.165) is 31.7 Å². The highest BCUT2D eigenvalue weighted by Crippen LogP contribution is 2.06. The van der Waals surface area contributed by atoms with Crippen LogP contribution in [0.4, 0.5) is 4.39 Å². The predicted molar refractivity (Wildman–Crippen MR) is 54.9 cm³/mol. The van der Waals surface area contributed by atoms with Crippen LogP contribution in [0.3, 0.4) is 0 Å². The Hall–Kier alpha value is -1.00. The second kappa shape index (κ2) is 5.19. The van der Waals surface area contributed by atoms with E-state index in [1.165, 1.54) is 12.3 Å². The molecule has 2 rings (SSSR count). The number of pyridine rings is 1. The number of halogens is 1. The minimum Gasteiger partial charge on any atom is -0.380 e. The van der Waals surface area contributed by atoms with Gasteiger partial charge in [-0.25, -0.2) is 4.39 Å². The molecule has 1 saturated heterocycles. The Labute approximate surface area is 88.7 Å². The fourth-order valence-corrected chi connectivity index (χ4v) is 1.66. The summed E-state index contributed by atoms with van der Waals surface area (Å²) in [4.78, 5) is 3.98. The van der Waals surface area contributed by atoms with Gasteiger partial charge in [0.1, 0.15) is 5.82 Å². The zero-order valence-electron chi connectivity index (χ0n) is 8.58. The van der Waals surface area contributed by atoms with Crippen LogP contribution in [0.15, 0.2) is 18.3 Å². The van der Waals surface area contributed by atoms with Gasteiger partial charge in [0.2, 0.25) is 0 Å². The Morgan fingerprint density at radius 1 is 1.53 bits per heavy atom. The maximum atomic E-state index is 12.6. The van der Waals surface area contributed by atoms with Crippen molar-refractivity contribution in [3.8, 4) is 0 Å². The summed E-state index contributed by atoms with van der Waals surface area (Å²) in [7, 11) is 0. The summed E-state index contributed by atoms with van der Waals surface area (Å²) in [6.45, 7) is 2.31. The van der Waals surface area contributed by atoms with Crippen LogP contribution < -0.4 is 5.32 Å². The number of nitrogens with one attached hydrogen (secondary N) is 1. The predicted octanol–water partition coefficient (Wildman–Crippen LogP) is 1.49. The molecule has 1 aliphatic rings. The summed E-state index contributed by atoms with van der Waals surface area (Å²) in [6, 6.07) is 3.54. The van der Waals surface area contributed by atoms with Gasteiger partial charge in [-0.2, -0.15) is 0 Å². The number of ether oxygens (including phenoxy) is 1. The van der Waals surface area contributed by atoms with Gasteiger partial charge in [0.05, 0.1) is 18.5 Å². The van der Waals surface area contributed by atoms with E-state index in [1.54, 1.807) is 6.07 Å². The molecule has 1 aromatic heterocycles. The van der Waals surface area contributed by atoms with E-state index in [0.29, 0.717) is 12.6 Å². The molecule has 1 unspecified atom stereocenters. The first kappa shape index (κ1) is 10.5. The molecule has 0 aliphatic carbocycles. The molecule has 1 aliphatic heterocycles. The van der Waals surface area contributed by atoms with Gasteiger partial charge in [0, 0.05) is 19.2 Å². The lowest BCUT2D eigenvalue weighted by Crippen LogP contribution is -2.36. The summed E-state index contributed by atoms with van der Waals surface area (Å²) < 4.78 is 17.9. The molecule has 0 aromatic carbocycles. The second-order valence-corrected chi connectivity index (χ2v) is 3.76. The Morgan fingerprint density at radius 2 is 2.47 bits per heavy atom. The highest BCUT2D eigenvalue weighted by molar-refractivity contribution is 5.05. The van der Waals surface area contributed by atoms with Gasteiger partial charge in [-0.3, -0.25) is 4.98 Å². The van der Waals surface area contributed by atoms with Gasteiger partial charge in [-0.1, -0.05) is 0 Å². The van der Waals surface area contributed by atoms with Crippen LogP contribution in [0.5, 0.6) is 0 Å². The van der Waals surface area contributed by atoms with Gasteiger partial charge in [0.15, 0.2) is 0 Å². The zero-order chi connectivity index (χ0) is 10.5. The number of hydrogen-bond donors (Lipinski definition) is 1. The van der Waals surface area contributed by atoms with Crippen molar-refractivity contribution >= 4 is 0 Å². The lowest BCUT2D eigenvalue weighted by Gasteiger charge is -2.22. The van der Waals surface area contributed by atoms with E-state index in [-0.39, 0.29) is 5.82 Å². The van der Waals surface area contributed by atoms with E-state index in [1.807, 2.05) is 0 Å². The third kappa shape index (κ3) is 3.25. The third-order valence-electron chi connectivity index (χ3n) is 2.52. The van der Waals surface area contributed by atoms with Crippen molar-refractivity contribution in [1.82, 2.24) is 10.3 Å².